The molecule has 2 aromatic rings. The minimum absolute atomic E-state index is 0.150. The van der Waals surface area contributed by atoms with E-state index < -0.39 is 0 Å². The second kappa shape index (κ2) is 3.43. The molecule has 3 heterocycles. The molecule has 4 heteroatoms. The molecule has 0 unspecified atom stereocenters. The summed E-state index contributed by atoms with van der Waals surface area (Å²) in [5.74, 6) is 0.364. The van der Waals surface area contributed by atoms with Gasteiger partial charge in [0, 0.05) is 16.4 Å². The Bertz CT molecular complexity index is 519. The fourth-order valence-electron chi connectivity index (χ4n) is 3.36. The third-order valence-electron chi connectivity index (χ3n) is 4.14. The molecule has 2 aromatic heterocycles. The Morgan fingerprint density at radius 2 is 2.35 bits per heavy atom. The summed E-state index contributed by atoms with van der Waals surface area (Å²) in [6.07, 6.45) is 6.92. The highest BCUT2D eigenvalue weighted by Gasteiger charge is 2.40. The van der Waals surface area contributed by atoms with Crippen LogP contribution in [0.25, 0.3) is 11.3 Å². The van der Waals surface area contributed by atoms with Crippen molar-refractivity contribution in [2.24, 2.45) is 5.92 Å². The summed E-state index contributed by atoms with van der Waals surface area (Å²) in [7, 11) is 0. The SMILES string of the molecule is O[C@H]1CCC[C@H]1[C@@H]1c2sccc2-c2cncn21. The van der Waals surface area contributed by atoms with Crippen molar-refractivity contribution in [1.82, 2.24) is 9.55 Å². The van der Waals surface area contributed by atoms with Crippen molar-refractivity contribution in [1.29, 1.82) is 0 Å². The summed E-state index contributed by atoms with van der Waals surface area (Å²) in [6.45, 7) is 0. The van der Waals surface area contributed by atoms with Crippen LogP contribution < -0.4 is 0 Å². The third kappa shape index (κ3) is 1.22. The Hall–Kier alpha value is -1.13. The molecule has 0 spiro atoms. The molecule has 1 fully saturated rings. The minimum Gasteiger partial charge on any atom is -0.393 e. The van der Waals surface area contributed by atoms with Gasteiger partial charge in [-0.05, 0) is 24.3 Å². The highest BCUT2D eigenvalue weighted by atomic mass is 32.1. The van der Waals surface area contributed by atoms with Crippen LogP contribution in [0.4, 0.5) is 0 Å². The van der Waals surface area contributed by atoms with Gasteiger partial charge in [0.25, 0.3) is 0 Å². The van der Waals surface area contributed by atoms with Crippen molar-refractivity contribution in [2.75, 3.05) is 0 Å². The number of hydrogen-bond acceptors (Lipinski definition) is 3. The first-order valence-corrected chi connectivity index (χ1v) is 7.02. The maximum atomic E-state index is 10.1. The molecule has 3 atom stereocenters. The summed E-state index contributed by atoms with van der Waals surface area (Å²) in [6, 6.07) is 2.49. The number of aliphatic hydroxyl groups is 1. The molecule has 1 N–H and O–H groups in total. The Morgan fingerprint density at radius 3 is 3.18 bits per heavy atom. The molecule has 0 saturated heterocycles. The fourth-order valence-corrected chi connectivity index (χ4v) is 4.44. The van der Waals surface area contributed by atoms with E-state index in [9.17, 15) is 5.11 Å². The van der Waals surface area contributed by atoms with Gasteiger partial charge in [-0.3, -0.25) is 0 Å². The summed E-state index contributed by atoms with van der Waals surface area (Å²) < 4.78 is 2.25. The predicted molar refractivity (Wildman–Crippen MR) is 67.0 cm³/mol. The Morgan fingerprint density at radius 1 is 1.41 bits per heavy atom. The lowest BCUT2D eigenvalue weighted by Gasteiger charge is -2.23. The first-order chi connectivity index (χ1) is 8.36. The number of fused-ring (bicyclic) bond motifs is 3. The second-order valence-electron chi connectivity index (χ2n) is 4.99. The second-order valence-corrected chi connectivity index (χ2v) is 5.94. The quantitative estimate of drug-likeness (QED) is 0.840. The number of rotatable bonds is 1. The van der Waals surface area contributed by atoms with Crippen LogP contribution >= 0.6 is 11.3 Å². The fraction of sp³-hybridized carbons (Fsp3) is 0.462. The van der Waals surface area contributed by atoms with Gasteiger partial charge in [-0.2, -0.15) is 0 Å². The Kier molecular flexibility index (Phi) is 1.99. The topological polar surface area (TPSA) is 38.1 Å². The van der Waals surface area contributed by atoms with E-state index in [4.69, 9.17) is 0 Å². The monoisotopic (exact) mass is 246 g/mol. The number of thiophene rings is 1. The zero-order valence-electron chi connectivity index (χ0n) is 9.41. The van der Waals surface area contributed by atoms with Crippen molar-refractivity contribution in [3.05, 3.63) is 28.8 Å². The van der Waals surface area contributed by atoms with Crippen molar-refractivity contribution in [2.45, 2.75) is 31.4 Å². The molecular formula is C13H14N2OS. The highest BCUT2D eigenvalue weighted by Crippen LogP contribution is 2.49. The van der Waals surface area contributed by atoms with E-state index in [-0.39, 0.29) is 6.10 Å². The van der Waals surface area contributed by atoms with E-state index in [1.54, 1.807) is 0 Å². The van der Waals surface area contributed by atoms with Gasteiger partial charge in [-0.15, -0.1) is 11.3 Å². The number of hydrogen-bond donors (Lipinski definition) is 1. The molecule has 0 bridgehead atoms. The van der Waals surface area contributed by atoms with E-state index in [1.807, 2.05) is 23.9 Å². The Balaban J connectivity index is 1.87. The van der Waals surface area contributed by atoms with Gasteiger partial charge in [-0.1, -0.05) is 6.42 Å². The van der Waals surface area contributed by atoms with Gasteiger partial charge in [0.15, 0.2) is 0 Å². The summed E-state index contributed by atoms with van der Waals surface area (Å²) in [4.78, 5) is 5.67. The standard InChI is InChI=1S/C13H14N2OS/c16-11-3-1-2-9(11)12-13-8(4-5-17-13)10-6-14-7-15(10)12/h4-7,9,11-12,16H,1-3H2/t9-,11+,12-/m1/s1. The van der Waals surface area contributed by atoms with E-state index in [1.165, 1.54) is 16.1 Å². The van der Waals surface area contributed by atoms with E-state index in [0.717, 1.165) is 19.3 Å². The molecular weight excluding hydrogens is 232 g/mol. The summed E-state index contributed by atoms with van der Waals surface area (Å²) >= 11 is 1.81. The smallest absolute Gasteiger partial charge is 0.0957 e. The van der Waals surface area contributed by atoms with Crippen LogP contribution in [-0.2, 0) is 0 Å². The molecule has 4 rings (SSSR count). The lowest BCUT2D eigenvalue weighted by atomic mass is 9.95. The number of imidazole rings is 1. The molecule has 17 heavy (non-hydrogen) atoms. The van der Waals surface area contributed by atoms with Gasteiger partial charge in [0.2, 0.25) is 0 Å². The van der Waals surface area contributed by atoms with Gasteiger partial charge < -0.3 is 9.67 Å². The average molecular weight is 246 g/mol. The largest absolute Gasteiger partial charge is 0.393 e. The van der Waals surface area contributed by atoms with E-state index in [2.05, 4.69) is 21.0 Å². The molecule has 0 aromatic carbocycles. The third-order valence-corrected chi connectivity index (χ3v) is 5.13. The summed E-state index contributed by atoms with van der Waals surface area (Å²) in [5.41, 5.74) is 2.53. The van der Waals surface area contributed by atoms with Crippen LogP contribution in [0.3, 0.4) is 0 Å². The molecule has 1 aliphatic heterocycles. The van der Waals surface area contributed by atoms with Crippen LogP contribution in [0.1, 0.15) is 30.2 Å². The van der Waals surface area contributed by atoms with Gasteiger partial charge in [-0.25, -0.2) is 4.98 Å². The molecule has 88 valence electrons. The van der Waals surface area contributed by atoms with Crippen LogP contribution in [0.2, 0.25) is 0 Å². The predicted octanol–water partition coefficient (Wildman–Crippen LogP) is 2.68. The first kappa shape index (κ1) is 9.85. The van der Waals surface area contributed by atoms with Crippen LogP contribution in [0.5, 0.6) is 0 Å². The van der Waals surface area contributed by atoms with Crippen LogP contribution in [-0.4, -0.2) is 20.8 Å². The molecule has 1 saturated carbocycles. The summed E-state index contributed by atoms with van der Waals surface area (Å²) in [5, 5.41) is 12.3. The number of aliphatic hydroxyl groups excluding tert-OH is 1. The normalized spacial score (nSPS) is 30.5. The first-order valence-electron chi connectivity index (χ1n) is 6.14. The van der Waals surface area contributed by atoms with Crippen LogP contribution in [0.15, 0.2) is 24.0 Å². The van der Waals surface area contributed by atoms with Crippen molar-refractivity contribution in [3.8, 4) is 11.3 Å². The maximum Gasteiger partial charge on any atom is 0.0957 e. The van der Waals surface area contributed by atoms with Crippen molar-refractivity contribution in [3.63, 3.8) is 0 Å². The van der Waals surface area contributed by atoms with Gasteiger partial charge in [0.1, 0.15) is 0 Å². The highest BCUT2D eigenvalue weighted by molar-refractivity contribution is 7.10. The zero-order valence-corrected chi connectivity index (χ0v) is 10.2. The molecule has 0 radical (unpaired) electrons. The molecule has 1 aliphatic carbocycles. The number of aromatic nitrogens is 2. The van der Waals surface area contributed by atoms with Crippen molar-refractivity contribution < 1.29 is 5.11 Å². The average Bonchev–Trinajstić information content (AvgIpc) is 3.00. The zero-order chi connectivity index (χ0) is 11.4. The lowest BCUT2D eigenvalue weighted by Crippen LogP contribution is -2.23. The van der Waals surface area contributed by atoms with Gasteiger partial charge in [0.05, 0.1) is 30.4 Å². The molecule has 2 aliphatic rings. The minimum atomic E-state index is -0.150. The number of nitrogens with zero attached hydrogens (tertiary/aromatic N) is 2. The molecule has 0 amide bonds. The Labute approximate surface area is 104 Å². The van der Waals surface area contributed by atoms with E-state index in [0.29, 0.717) is 12.0 Å². The van der Waals surface area contributed by atoms with E-state index >= 15 is 0 Å². The maximum absolute atomic E-state index is 10.1. The van der Waals surface area contributed by atoms with Crippen LogP contribution in [0, 0.1) is 5.92 Å². The van der Waals surface area contributed by atoms with Gasteiger partial charge >= 0.3 is 0 Å². The lowest BCUT2D eigenvalue weighted by molar-refractivity contribution is 0.113. The van der Waals surface area contributed by atoms with Crippen molar-refractivity contribution >= 4 is 11.3 Å². The molecule has 3 nitrogen and oxygen atoms in total.